The van der Waals surface area contributed by atoms with Crippen LogP contribution >= 0.6 is 0 Å². The Morgan fingerprint density at radius 3 is 3.14 bits per heavy atom. The molecule has 21 heavy (non-hydrogen) atoms. The van der Waals surface area contributed by atoms with Gasteiger partial charge in [0.2, 0.25) is 0 Å². The minimum Gasteiger partial charge on any atom is -0.495 e. The molecule has 1 atom stereocenters. The maximum absolute atomic E-state index is 5.45. The van der Waals surface area contributed by atoms with Gasteiger partial charge < -0.3 is 19.9 Å². The Balaban J connectivity index is 1.51. The Kier molecular flexibility index (Phi) is 4.40. The number of benzene rings is 1. The predicted molar refractivity (Wildman–Crippen MR) is 83.6 cm³/mol. The van der Waals surface area contributed by atoms with Gasteiger partial charge in [0, 0.05) is 32.0 Å². The van der Waals surface area contributed by atoms with Crippen molar-refractivity contribution in [3.8, 4) is 5.75 Å². The summed E-state index contributed by atoms with van der Waals surface area (Å²) in [6.07, 6.45) is 4.86. The molecule has 112 valence electrons. The normalized spacial score (nSPS) is 18.1. The number of rotatable bonds is 6. The molecule has 2 heterocycles. The van der Waals surface area contributed by atoms with Gasteiger partial charge in [0.05, 0.1) is 19.3 Å². The van der Waals surface area contributed by atoms with Gasteiger partial charge in [0.1, 0.15) is 11.6 Å². The molecule has 5 nitrogen and oxygen atoms in total. The molecule has 1 fully saturated rings. The van der Waals surface area contributed by atoms with Gasteiger partial charge in [-0.1, -0.05) is 12.1 Å². The Morgan fingerprint density at radius 2 is 2.33 bits per heavy atom. The highest BCUT2D eigenvalue weighted by Crippen LogP contribution is 2.31. The minimum absolute atomic E-state index is 0.671. The molecule has 1 saturated heterocycles. The van der Waals surface area contributed by atoms with Gasteiger partial charge in [0.25, 0.3) is 0 Å². The molecule has 1 aliphatic heterocycles. The zero-order valence-electron chi connectivity index (χ0n) is 12.4. The Hall–Kier alpha value is -2.01. The average molecular weight is 286 g/mol. The summed E-state index contributed by atoms with van der Waals surface area (Å²) in [4.78, 5) is 9.75. The van der Waals surface area contributed by atoms with Crippen LogP contribution in [0.1, 0.15) is 12.2 Å². The lowest BCUT2D eigenvalue weighted by molar-refractivity contribution is 0.414. The van der Waals surface area contributed by atoms with E-state index in [9.17, 15) is 0 Å². The number of aromatic amines is 1. The number of ether oxygens (including phenoxy) is 1. The van der Waals surface area contributed by atoms with Crippen molar-refractivity contribution in [3.63, 3.8) is 0 Å². The lowest BCUT2D eigenvalue weighted by atomic mass is 10.1. The van der Waals surface area contributed by atoms with Crippen molar-refractivity contribution in [3.05, 3.63) is 42.5 Å². The van der Waals surface area contributed by atoms with E-state index in [0.717, 1.165) is 37.8 Å². The molecular formula is C16H22N4O. The van der Waals surface area contributed by atoms with Crippen molar-refractivity contribution >= 4 is 5.69 Å². The van der Waals surface area contributed by atoms with Crippen LogP contribution in [0.4, 0.5) is 5.69 Å². The zero-order valence-corrected chi connectivity index (χ0v) is 12.4. The smallest absolute Gasteiger partial charge is 0.142 e. The fourth-order valence-corrected chi connectivity index (χ4v) is 2.90. The van der Waals surface area contributed by atoms with Gasteiger partial charge in [-0.2, -0.15) is 0 Å². The second kappa shape index (κ2) is 6.63. The summed E-state index contributed by atoms with van der Waals surface area (Å²) < 4.78 is 5.45. The summed E-state index contributed by atoms with van der Waals surface area (Å²) in [6, 6.07) is 8.25. The van der Waals surface area contributed by atoms with Crippen molar-refractivity contribution in [1.29, 1.82) is 0 Å². The Bertz CT molecular complexity index is 555. The molecule has 2 aromatic rings. The van der Waals surface area contributed by atoms with Crippen LogP contribution < -0.4 is 15.0 Å². The molecule has 1 aromatic carbocycles. The number of hydrogen-bond donors (Lipinski definition) is 2. The predicted octanol–water partition coefficient (Wildman–Crippen LogP) is 2.03. The monoisotopic (exact) mass is 286 g/mol. The third kappa shape index (κ3) is 3.36. The summed E-state index contributed by atoms with van der Waals surface area (Å²) in [6.45, 7) is 3.99. The Labute approximate surface area is 125 Å². The van der Waals surface area contributed by atoms with E-state index < -0.39 is 0 Å². The number of H-pyrrole nitrogens is 1. The molecule has 0 aliphatic carbocycles. The van der Waals surface area contributed by atoms with Gasteiger partial charge in [-0.05, 0) is 24.5 Å². The van der Waals surface area contributed by atoms with E-state index in [1.54, 1.807) is 13.3 Å². The van der Waals surface area contributed by atoms with Crippen LogP contribution in [0.2, 0.25) is 0 Å². The first-order valence-corrected chi connectivity index (χ1v) is 7.44. The topological polar surface area (TPSA) is 53.2 Å². The number of para-hydroxylation sites is 2. The fraction of sp³-hybridized carbons (Fsp3) is 0.438. The van der Waals surface area contributed by atoms with Crippen molar-refractivity contribution in [2.24, 2.45) is 5.92 Å². The zero-order chi connectivity index (χ0) is 14.5. The number of nitrogens with one attached hydrogen (secondary N) is 2. The third-order valence-electron chi connectivity index (χ3n) is 3.99. The lowest BCUT2D eigenvalue weighted by Gasteiger charge is -2.21. The minimum atomic E-state index is 0.671. The summed E-state index contributed by atoms with van der Waals surface area (Å²) in [5, 5.41) is 3.48. The van der Waals surface area contributed by atoms with E-state index in [4.69, 9.17) is 4.74 Å². The molecule has 1 aliphatic rings. The highest BCUT2D eigenvalue weighted by atomic mass is 16.5. The first-order valence-electron chi connectivity index (χ1n) is 7.44. The van der Waals surface area contributed by atoms with Gasteiger partial charge in [0.15, 0.2) is 0 Å². The van der Waals surface area contributed by atoms with E-state index in [1.165, 1.54) is 12.1 Å². The van der Waals surface area contributed by atoms with Crippen LogP contribution in [0.15, 0.2) is 36.7 Å². The maximum Gasteiger partial charge on any atom is 0.142 e. The summed E-state index contributed by atoms with van der Waals surface area (Å²) in [5.74, 6) is 2.63. The number of nitrogens with zero attached hydrogens (tertiary/aromatic N) is 2. The molecule has 2 N–H and O–H groups in total. The largest absolute Gasteiger partial charge is 0.495 e. The van der Waals surface area contributed by atoms with Crippen LogP contribution in [0.25, 0.3) is 0 Å². The highest BCUT2D eigenvalue weighted by Gasteiger charge is 2.24. The van der Waals surface area contributed by atoms with Crippen LogP contribution in [0.3, 0.4) is 0 Å². The lowest BCUT2D eigenvalue weighted by Crippen LogP contribution is -2.26. The van der Waals surface area contributed by atoms with Crippen molar-refractivity contribution in [1.82, 2.24) is 15.3 Å². The van der Waals surface area contributed by atoms with Gasteiger partial charge >= 0.3 is 0 Å². The first kappa shape index (κ1) is 13.9. The maximum atomic E-state index is 5.45. The standard InChI is InChI=1S/C16H22N4O/c1-21-15-5-3-2-4-14(15)20-9-6-13(12-20)10-17-11-16-18-7-8-19-16/h2-5,7-8,13,17H,6,9-12H2,1H3,(H,18,19). The summed E-state index contributed by atoms with van der Waals surface area (Å²) in [7, 11) is 1.73. The van der Waals surface area contributed by atoms with E-state index in [1.807, 2.05) is 18.3 Å². The molecule has 1 aromatic heterocycles. The first-order chi connectivity index (χ1) is 10.4. The molecule has 0 saturated carbocycles. The van der Waals surface area contributed by atoms with Crippen molar-refractivity contribution in [2.75, 3.05) is 31.6 Å². The summed E-state index contributed by atoms with van der Waals surface area (Å²) in [5.41, 5.74) is 1.20. The van der Waals surface area contributed by atoms with E-state index in [0.29, 0.717) is 5.92 Å². The second-order valence-corrected chi connectivity index (χ2v) is 5.44. The van der Waals surface area contributed by atoms with E-state index in [-0.39, 0.29) is 0 Å². The van der Waals surface area contributed by atoms with Crippen molar-refractivity contribution in [2.45, 2.75) is 13.0 Å². The highest BCUT2D eigenvalue weighted by molar-refractivity contribution is 5.58. The number of imidazole rings is 1. The second-order valence-electron chi connectivity index (χ2n) is 5.44. The molecule has 0 amide bonds. The van der Waals surface area contributed by atoms with Gasteiger partial charge in [-0.15, -0.1) is 0 Å². The molecule has 0 bridgehead atoms. The Morgan fingerprint density at radius 1 is 1.43 bits per heavy atom. The molecule has 3 rings (SSSR count). The SMILES string of the molecule is COc1ccccc1N1CCC(CNCc2ncc[nH]2)C1. The number of hydrogen-bond acceptors (Lipinski definition) is 4. The number of aromatic nitrogens is 2. The fourth-order valence-electron chi connectivity index (χ4n) is 2.90. The van der Waals surface area contributed by atoms with E-state index in [2.05, 4.69) is 32.3 Å². The van der Waals surface area contributed by atoms with Crippen LogP contribution in [-0.4, -0.2) is 36.7 Å². The third-order valence-corrected chi connectivity index (χ3v) is 3.99. The molecule has 0 radical (unpaired) electrons. The van der Waals surface area contributed by atoms with Crippen molar-refractivity contribution < 1.29 is 4.74 Å². The number of methoxy groups -OCH3 is 1. The molecule has 1 unspecified atom stereocenters. The molecular weight excluding hydrogens is 264 g/mol. The summed E-state index contributed by atoms with van der Waals surface area (Å²) >= 11 is 0. The van der Waals surface area contributed by atoms with Gasteiger partial charge in [-0.25, -0.2) is 4.98 Å². The van der Waals surface area contributed by atoms with E-state index >= 15 is 0 Å². The van der Waals surface area contributed by atoms with Gasteiger partial charge in [-0.3, -0.25) is 0 Å². The van der Waals surface area contributed by atoms with Crippen LogP contribution in [-0.2, 0) is 6.54 Å². The number of anilines is 1. The molecule has 0 spiro atoms. The quantitative estimate of drug-likeness (QED) is 0.853. The average Bonchev–Trinajstić information content (AvgIpc) is 3.19. The van der Waals surface area contributed by atoms with Crippen LogP contribution in [0, 0.1) is 5.92 Å². The van der Waals surface area contributed by atoms with Crippen LogP contribution in [0.5, 0.6) is 5.75 Å². The molecule has 5 heteroatoms.